The number of aryl methyl sites for hydroxylation is 2. The number of hydrogen-bond acceptors (Lipinski definition) is 2. The Balaban J connectivity index is 2.06. The molecule has 3 heteroatoms. The van der Waals surface area contributed by atoms with Gasteiger partial charge in [-0.25, -0.2) is 0 Å². The summed E-state index contributed by atoms with van der Waals surface area (Å²) in [5.74, 6) is 0. The summed E-state index contributed by atoms with van der Waals surface area (Å²) in [6.07, 6.45) is 2.41. The van der Waals surface area contributed by atoms with Crippen molar-refractivity contribution >= 4 is 0 Å². The molecular weight excluding hydrogens is 212 g/mol. The number of rotatable bonds is 4. The maximum atomic E-state index is 10.1. The highest BCUT2D eigenvalue weighted by molar-refractivity contribution is 5.24. The standard InChI is InChI=1S/C14H18N2O/c1-3-12-4-6-13(7-5-12)14(17)10-16-9-8-11(2)15-16/h4-9,14,17H,3,10H2,1-2H3. The fourth-order valence-electron chi connectivity index (χ4n) is 1.82. The van der Waals surface area contributed by atoms with Gasteiger partial charge in [-0.3, -0.25) is 4.68 Å². The molecule has 1 heterocycles. The Labute approximate surface area is 102 Å². The summed E-state index contributed by atoms with van der Waals surface area (Å²) in [5.41, 5.74) is 3.20. The van der Waals surface area contributed by atoms with Gasteiger partial charge in [0.25, 0.3) is 0 Å². The first kappa shape index (κ1) is 11.9. The van der Waals surface area contributed by atoms with Gasteiger partial charge in [0.2, 0.25) is 0 Å². The minimum absolute atomic E-state index is 0.499. The smallest absolute Gasteiger partial charge is 0.0985 e. The first-order valence-corrected chi connectivity index (χ1v) is 5.96. The molecule has 3 nitrogen and oxygen atoms in total. The van der Waals surface area contributed by atoms with Gasteiger partial charge in [0, 0.05) is 6.20 Å². The minimum atomic E-state index is -0.500. The molecule has 2 aromatic rings. The van der Waals surface area contributed by atoms with Crippen LogP contribution in [0.1, 0.15) is 29.8 Å². The number of benzene rings is 1. The third-order valence-electron chi connectivity index (χ3n) is 2.91. The van der Waals surface area contributed by atoms with Crippen LogP contribution in [0, 0.1) is 6.92 Å². The molecule has 1 atom stereocenters. The van der Waals surface area contributed by atoms with Crippen LogP contribution in [0.15, 0.2) is 36.5 Å². The largest absolute Gasteiger partial charge is 0.386 e. The van der Waals surface area contributed by atoms with E-state index >= 15 is 0 Å². The summed E-state index contributed by atoms with van der Waals surface area (Å²) < 4.78 is 1.77. The summed E-state index contributed by atoms with van der Waals surface area (Å²) >= 11 is 0. The lowest BCUT2D eigenvalue weighted by atomic mass is 10.1. The van der Waals surface area contributed by atoms with E-state index in [1.54, 1.807) is 4.68 Å². The van der Waals surface area contributed by atoms with Crippen LogP contribution in [0.5, 0.6) is 0 Å². The molecule has 1 unspecified atom stereocenters. The van der Waals surface area contributed by atoms with Gasteiger partial charge in [-0.15, -0.1) is 0 Å². The highest BCUT2D eigenvalue weighted by Crippen LogP contribution is 2.16. The second-order valence-electron chi connectivity index (χ2n) is 4.29. The average molecular weight is 230 g/mol. The fraction of sp³-hybridized carbons (Fsp3) is 0.357. The minimum Gasteiger partial charge on any atom is -0.386 e. The molecule has 0 amide bonds. The molecule has 0 aliphatic carbocycles. The van der Waals surface area contributed by atoms with Gasteiger partial charge in [0.1, 0.15) is 0 Å². The van der Waals surface area contributed by atoms with Crippen molar-refractivity contribution in [1.29, 1.82) is 0 Å². The molecule has 2 rings (SSSR count). The van der Waals surface area contributed by atoms with E-state index in [0.29, 0.717) is 6.54 Å². The van der Waals surface area contributed by atoms with Gasteiger partial charge < -0.3 is 5.11 Å². The molecule has 90 valence electrons. The molecule has 0 fully saturated rings. The molecule has 17 heavy (non-hydrogen) atoms. The maximum absolute atomic E-state index is 10.1. The van der Waals surface area contributed by atoms with Crippen LogP contribution in [-0.4, -0.2) is 14.9 Å². The Hall–Kier alpha value is -1.61. The summed E-state index contributed by atoms with van der Waals surface area (Å²) in [6.45, 7) is 4.57. The van der Waals surface area contributed by atoms with Gasteiger partial charge in [-0.05, 0) is 30.5 Å². The Bertz CT molecular complexity index is 473. The molecule has 1 aromatic heterocycles. The zero-order valence-corrected chi connectivity index (χ0v) is 10.3. The van der Waals surface area contributed by atoms with Crippen molar-refractivity contribution in [1.82, 2.24) is 9.78 Å². The van der Waals surface area contributed by atoms with Gasteiger partial charge in [0.15, 0.2) is 0 Å². The van der Waals surface area contributed by atoms with Crippen molar-refractivity contribution in [2.75, 3.05) is 0 Å². The summed E-state index contributed by atoms with van der Waals surface area (Å²) in [5, 5.41) is 14.4. The average Bonchev–Trinajstić information content (AvgIpc) is 2.75. The van der Waals surface area contributed by atoms with E-state index in [4.69, 9.17) is 0 Å². The van der Waals surface area contributed by atoms with Gasteiger partial charge in [-0.2, -0.15) is 5.10 Å². The van der Waals surface area contributed by atoms with E-state index in [-0.39, 0.29) is 0 Å². The molecule has 0 bridgehead atoms. The van der Waals surface area contributed by atoms with Crippen LogP contribution in [0.4, 0.5) is 0 Å². The quantitative estimate of drug-likeness (QED) is 0.876. The Morgan fingerprint density at radius 1 is 1.24 bits per heavy atom. The molecule has 0 aliphatic heterocycles. The van der Waals surface area contributed by atoms with Crippen LogP contribution >= 0.6 is 0 Å². The van der Waals surface area contributed by atoms with E-state index in [0.717, 1.165) is 17.7 Å². The lowest BCUT2D eigenvalue weighted by molar-refractivity contribution is 0.151. The molecule has 0 spiro atoms. The first-order chi connectivity index (χ1) is 8.19. The van der Waals surface area contributed by atoms with Crippen molar-refractivity contribution in [3.8, 4) is 0 Å². The van der Waals surface area contributed by atoms with E-state index in [1.165, 1.54) is 5.56 Å². The zero-order valence-electron chi connectivity index (χ0n) is 10.3. The summed E-state index contributed by atoms with van der Waals surface area (Å²) in [7, 11) is 0. The highest BCUT2D eigenvalue weighted by Gasteiger charge is 2.08. The zero-order chi connectivity index (χ0) is 12.3. The monoisotopic (exact) mass is 230 g/mol. The normalized spacial score (nSPS) is 12.6. The Morgan fingerprint density at radius 3 is 2.47 bits per heavy atom. The van der Waals surface area contributed by atoms with Crippen molar-refractivity contribution < 1.29 is 5.11 Å². The Kier molecular flexibility index (Phi) is 3.59. The van der Waals surface area contributed by atoms with Crippen molar-refractivity contribution in [3.05, 3.63) is 53.3 Å². The van der Waals surface area contributed by atoms with Crippen LogP contribution in [0.25, 0.3) is 0 Å². The number of aliphatic hydroxyl groups is 1. The molecule has 0 saturated carbocycles. The van der Waals surface area contributed by atoms with E-state index in [2.05, 4.69) is 24.2 Å². The molecule has 0 saturated heterocycles. The third-order valence-corrected chi connectivity index (χ3v) is 2.91. The highest BCUT2D eigenvalue weighted by atomic mass is 16.3. The van der Waals surface area contributed by atoms with Crippen molar-refractivity contribution in [2.45, 2.75) is 32.9 Å². The predicted octanol–water partition coefficient (Wildman–Crippen LogP) is 2.49. The second-order valence-corrected chi connectivity index (χ2v) is 4.29. The third kappa shape index (κ3) is 2.94. The molecule has 1 N–H and O–H groups in total. The summed E-state index contributed by atoms with van der Waals surface area (Å²) in [4.78, 5) is 0. The summed E-state index contributed by atoms with van der Waals surface area (Å²) in [6, 6.07) is 10.0. The van der Waals surface area contributed by atoms with E-state index < -0.39 is 6.10 Å². The molecular formula is C14H18N2O. The number of aliphatic hydroxyl groups excluding tert-OH is 1. The molecule has 0 radical (unpaired) electrons. The first-order valence-electron chi connectivity index (χ1n) is 5.96. The lowest BCUT2D eigenvalue weighted by Gasteiger charge is -2.11. The number of aromatic nitrogens is 2. The molecule has 1 aromatic carbocycles. The van der Waals surface area contributed by atoms with Gasteiger partial charge >= 0.3 is 0 Å². The second kappa shape index (κ2) is 5.15. The number of nitrogens with zero attached hydrogens (tertiary/aromatic N) is 2. The fourth-order valence-corrected chi connectivity index (χ4v) is 1.82. The van der Waals surface area contributed by atoms with Crippen LogP contribution < -0.4 is 0 Å². The lowest BCUT2D eigenvalue weighted by Crippen LogP contribution is -2.09. The SMILES string of the molecule is CCc1ccc(C(O)Cn2ccc(C)n2)cc1. The van der Waals surface area contributed by atoms with Crippen molar-refractivity contribution in [2.24, 2.45) is 0 Å². The molecule has 0 aliphatic rings. The predicted molar refractivity (Wildman–Crippen MR) is 67.7 cm³/mol. The van der Waals surface area contributed by atoms with E-state index in [1.807, 2.05) is 31.3 Å². The van der Waals surface area contributed by atoms with Crippen molar-refractivity contribution in [3.63, 3.8) is 0 Å². The topological polar surface area (TPSA) is 38.0 Å². The van der Waals surface area contributed by atoms with E-state index in [9.17, 15) is 5.11 Å². The van der Waals surface area contributed by atoms with Crippen LogP contribution in [-0.2, 0) is 13.0 Å². The van der Waals surface area contributed by atoms with Crippen LogP contribution in [0.3, 0.4) is 0 Å². The number of hydrogen-bond donors (Lipinski definition) is 1. The van der Waals surface area contributed by atoms with Gasteiger partial charge in [-0.1, -0.05) is 31.2 Å². The maximum Gasteiger partial charge on any atom is 0.0985 e. The Morgan fingerprint density at radius 2 is 1.94 bits per heavy atom. The van der Waals surface area contributed by atoms with Crippen LogP contribution in [0.2, 0.25) is 0 Å². The van der Waals surface area contributed by atoms with Gasteiger partial charge in [0.05, 0.1) is 18.3 Å².